The Bertz CT molecular complexity index is 325. The van der Waals surface area contributed by atoms with Crippen molar-refractivity contribution in [2.75, 3.05) is 13.6 Å². The van der Waals surface area contributed by atoms with Crippen LogP contribution in [-0.2, 0) is 11.3 Å². The van der Waals surface area contributed by atoms with Crippen molar-refractivity contribution >= 4 is 5.91 Å². The first-order chi connectivity index (χ1) is 7.24. The van der Waals surface area contributed by atoms with Crippen LogP contribution in [0.25, 0.3) is 0 Å². The lowest BCUT2D eigenvalue weighted by atomic mass is 10.2. The van der Waals surface area contributed by atoms with E-state index in [4.69, 9.17) is 0 Å². The highest BCUT2D eigenvalue weighted by molar-refractivity contribution is 5.76. The third kappa shape index (κ3) is 4.08. The van der Waals surface area contributed by atoms with Crippen molar-refractivity contribution in [3.8, 4) is 0 Å². The number of rotatable bonds is 5. The molecule has 0 radical (unpaired) electrons. The van der Waals surface area contributed by atoms with Crippen molar-refractivity contribution in [1.82, 2.24) is 15.6 Å². The van der Waals surface area contributed by atoms with E-state index in [1.165, 1.54) is 0 Å². The summed E-state index contributed by atoms with van der Waals surface area (Å²) in [5.41, 5.74) is 2.03. The van der Waals surface area contributed by atoms with Crippen molar-refractivity contribution < 1.29 is 4.79 Å². The molecule has 1 rings (SSSR count). The van der Waals surface area contributed by atoms with Gasteiger partial charge in [-0.3, -0.25) is 9.78 Å². The number of aromatic nitrogens is 1. The summed E-state index contributed by atoms with van der Waals surface area (Å²) >= 11 is 0. The van der Waals surface area contributed by atoms with Crippen LogP contribution in [0, 0.1) is 6.92 Å². The van der Waals surface area contributed by atoms with Crippen molar-refractivity contribution in [2.24, 2.45) is 0 Å². The molecule has 4 nitrogen and oxygen atoms in total. The fourth-order valence-electron chi connectivity index (χ4n) is 1.21. The first-order valence-electron chi connectivity index (χ1n) is 5.06. The fraction of sp³-hybridized carbons (Fsp3) is 0.455. The van der Waals surface area contributed by atoms with E-state index in [2.05, 4.69) is 15.6 Å². The molecule has 1 aromatic heterocycles. The second-order valence-electron chi connectivity index (χ2n) is 3.40. The summed E-state index contributed by atoms with van der Waals surface area (Å²) in [6, 6.07) is 3.88. The van der Waals surface area contributed by atoms with Gasteiger partial charge in [0.2, 0.25) is 5.91 Å². The molecule has 0 aromatic carbocycles. The van der Waals surface area contributed by atoms with Gasteiger partial charge in [0.05, 0.1) is 12.2 Å². The van der Waals surface area contributed by atoms with Crippen LogP contribution in [0.5, 0.6) is 0 Å². The van der Waals surface area contributed by atoms with E-state index in [0.717, 1.165) is 11.3 Å². The van der Waals surface area contributed by atoms with E-state index in [1.54, 1.807) is 6.20 Å². The Morgan fingerprint density at radius 3 is 3.00 bits per heavy atom. The molecular formula is C11H17N3O. The monoisotopic (exact) mass is 207 g/mol. The minimum absolute atomic E-state index is 0.0504. The topological polar surface area (TPSA) is 54.0 Å². The minimum Gasteiger partial charge on any atom is -0.350 e. The van der Waals surface area contributed by atoms with Gasteiger partial charge < -0.3 is 10.6 Å². The summed E-state index contributed by atoms with van der Waals surface area (Å²) in [5, 5.41) is 5.76. The molecule has 1 heterocycles. The van der Waals surface area contributed by atoms with Gasteiger partial charge >= 0.3 is 0 Å². The Labute approximate surface area is 90.1 Å². The second-order valence-corrected chi connectivity index (χ2v) is 3.40. The second kappa shape index (κ2) is 6.14. The van der Waals surface area contributed by atoms with Crippen molar-refractivity contribution in [1.29, 1.82) is 0 Å². The fourth-order valence-corrected chi connectivity index (χ4v) is 1.21. The van der Waals surface area contributed by atoms with Gasteiger partial charge in [-0.05, 0) is 25.6 Å². The van der Waals surface area contributed by atoms with E-state index < -0.39 is 0 Å². The summed E-state index contributed by atoms with van der Waals surface area (Å²) < 4.78 is 0. The van der Waals surface area contributed by atoms with Crippen LogP contribution in [0.15, 0.2) is 18.3 Å². The zero-order valence-corrected chi connectivity index (χ0v) is 9.21. The average Bonchev–Trinajstić information content (AvgIpc) is 2.25. The Hall–Kier alpha value is -1.42. The Morgan fingerprint density at radius 1 is 1.53 bits per heavy atom. The average molecular weight is 207 g/mol. The number of hydrogen-bond donors (Lipinski definition) is 2. The van der Waals surface area contributed by atoms with Crippen LogP contribution in [0.3, 0.4) is 0 Å². The molecule has 0 aliphatic carbocycles. The van der Waals surface area contributed by atoms with E-state index in [9.17, 15) is 4.79 Å². The summed E-state index contributed by atoms with van der Waals surface area (Å²) in [6.45, 7) is 3.20. The highest BCUT2D eigenvalue weighted by atomic mass is 16.1. The van der Waals surface area contributed by atoms with Crippen LogP contribution in [0.4, 0.5) is 0 Å². The number of carbonyl (C=O) groups excluding carboxylic acids is 1. The molecule has 0 fully saturated rings. The SMILES string of the molecule is CNCCC(=O)NCc1ncccc1C. The maximum Gasteiger partial charge on any atom is 0.221 e. The highest BCUT2D eigenvalue weighted by Crippen LogP contribution is 2.01. The van der Waals surface area contributed by atoms with Crippen LogP contribution in [-0.4, -0.2) is 24.5 Å². The Morgan fingerprint density at radius 2 is 2.33 bits per heavy atom. The lowest BCUT2D eigenvalue weighted by Gasteiger charge is -2.06. The van der Waals surface area contributed by atoms with Gasteiger partial charge in [-0.1, -0.05) is 6.07 Å². The Balaban J connectivity index is 2.37. The van der Waals surface area contributed by atoms with Gasteiger partial charge in [-0.2, -0.15) is 0 Å². The highest BCUT2D eigenvalue weighted by Gasteiger charge is 2.02. The van der Waals surface area contributed by atoms with E-state index in [-0.39, 0.29) is 5.91 Å². The lowest BCUT2D eigenvalue weighted by Crippen LogP contribution is -2.26. The smallest absolute Gasteiger partial charge is 0.221 e. The number of pyridine rings is 1. The number of amides is 1. The summed E-state index contributed by atoms with van der Waals surface area (Å²) in [6.07, 6.45) is 2.24. The van der Waals surface area contributed by atoms with Gasteiger partial charge in [0.15, 0.2) is 0 Å². The normalized spacial score (nSPS) is 10.0. The first kappa shape index (κ1) is 11.7. The largest absolute Gasteiger partial charge is 0.350 e. The molecule has 15 heavy (non-hydrogen) atoms. The van der Waals surface area contributed by atoms with Crippen molar-refractivity contribution in [2.45, 2.75) is 19.9 Å². The molecule has 4 heteroatoms. The van der Waals surface area contributed by atoms with Crippen molar-refractivity contribution in [3.63, 3.8) is 0 Å². The molecule has 82 valence electrons. The van der Waals surface area contributed by atoms with E-state index in [1.807, 2.05) is 26.1 Å². The van der Waals surface area contributed by atoms with E-state index >= 15 is 0 Å². The quantitative estimate of drug-likeness (QED) is 0.744. The molecule has 2 N–H and O–H groups in total. The van der Waals surface area contributed by atoms with Crippen LogP contribution in [0.1, 0.15) is 17.7 Å². The van der Waals surface area contributed by atoms with Crippen LogP contribution < -0.4 is 10.6 Å². The van der Waals surface area contributed by atoms with E-state index in [0.29, 0.717) is 19.5 Å². The zero-order chi connectivity index (χ0) is 11.1. The number of aryl methyl sites for hydroxylation is 1. The predicted octanol–water partition coefficient (Wildman–Crippen LogP) is 0.616. The van der Waals surface area contributed by atoms with Gasteiger partial charge in [-0.25, -0.2) is 0 Å². The van der Waals surface area contributed by atoms with Crippen LogP contribution >= 0.6 is 0 Å². The van der Waals surface area contributed by atoms with Gasteiger partial charge in [-0.15, -0.1) is 0 Å². The van der Waals surface area contributed by atoms with Gasteiger partial charge in [0.1, 0.15) is 0 Å². The number of nitrogens with one attached hydrogen (secondary N) is 2. The first-order valence-corrected chi connectivity index (χ1v) is 5.06. The molecular weight excluding hydrogens is 190 g/mol. The van der Waals surface area contributed by atoms with Gasteiger partial charge in [0, 0.05) is 19.2 Å². The summed E-state index contributed by atoms with van der Waals surface area (Å²) in [4.78, 5) is 15.5. The number of nitrogens with zero attached hydrogens (tertiary/aromatic N) is 1. The predicted molar refractivity (Wildman–Crippen MR) is 59.4 cm³/mol. The molecule has 0 aliphatic heterocycles. The molecule has 0 saturated carbocycles. The zero-order valence-electron chi connectivity index (χ0n) is 9.21. The number of carbonyl (C=O) groups is 1. The summed E-state index contributed by atoms with van der Waals surface area (Å²) in [7, 11) is 1.83. The molecule has 0 atom stereocenters. The Kier molecular flexibility index (Phi) is 4.77. The van der Waals surface area contributed by atoms with Crippen LogP contribution in [0.2, 0.25) is 0 Å². The molecule has 1 amide bonds. The maximum atomic E-state index is 11.3. The summed E-state index contributed by atoms with van der Waals surface area (Å²) in [5.74, 6) is 0.0504. The number of hydrogen-bond acceptors (Lipinski definition) is 3. The maximum absolute atomic E-state index is 11.3. The molecule has 0 spiro atoms. The third-order valence-corrected chi connectivity index (χ3v) is 2.17. The van der Waals surface area contributed by atoms with Crippen molar-refractivity contribution in [3.05, 3.63) is 29.6 Å². The third-order valence-electron chi connectivity index (χ3n) is 2.17. The molecule has 0 unspecified atom stereocenters. The molecule has 0 saturated heterocycles. The lowest BCUT2D eigenvalue weighted by molar-refractivity contribution is -0.121. The van der Waals surface area contributed by atoms with Gasteiger partial charge in [0.25, 0.3) is 0 Å². The minimum atomic E-state index is 0.0504. The molecule has 1 aromatic rings. The molecule has 0 aliphatic rings. The molecule has 0 bridgehead atoms. The standard InChI is InChI=1S/C11H17N3O/c1-9-4-3-6-13-10(9)8-14-11(15)5-7-12-2/h3-4,6,12H,5,7-8H2,1-2H3,(H,14,15).